The van der Waals surface area contributed by atoms with Gasteiger partial charge in [-0.15, -0.1) is 0 Å². The first-order valence-electron chi connectivity index (χ1n) is 7.13. The van der Waals surface area contributed by atoms with E-state index >= 15 is 0 Å². The molecule has 1 unspecified atom stereocenters. The molecule has 2 aliphatic heterocycles. The van der Waals surface area contributed by atoms with E-state index in [4.69, 9.17) is 0 Å². The minimum atomic E-state index is -0.304. The standard InChI is InChI=1S/C17H15N3O2/c1-18-14-10-6-5-9-13(14)17(22)20-15(18)11-7-3-4-8-12(11)16(21)19(20)2/h3-10,15H,1-2H3. The number of hydrogen-bond acceptors (Lipinski definition) is 3. The van der Waals surface area contributed by atoms with Gasteiger partial charge < -0.3 is 4.90 Å². The van der Waals surface area contributed by atoms with Gasteiger partial charge in [0.25, 0.3) is 11.8 Å². The summed E-state index contributed by atoms with van der Waals surface area (Å²) in [5.41, 5.74) is 2.99. The minimum absolute atomic E-state index is 0.149. The van der Waals surface area contributed by atoms with E-state index in [1.165, 1.54) is 10.0 Å². The van der Waals surface area contributed by atoms with Crippen LogP contribution < -0.4 is 4.90 Å². The number of rotatable bonds is 0. The molecule has 0 fully saturated rings. The van der Waals surface area contributed by atoms with E-state index in [-0.39, 0.29) is 18.0 Å². The lowest BCUT2D eigenvalue weighted by Gasteiger charge is -2.50. The molecule has 0 radical (unpaired) electrons. The zero-order valence-corrected chi connectivity index (χ0v) is 12.4. The van der Waals surface area contributed by atoms with Gasteiger partial charge in [0.2, 0.25) is 0 Å². The third kappa shape index (κ3) is 1.48. The van der Waals surface area contributed by atoms with Crippen molar-refractivity contribution in [2.24, 2.45) is 0 Å². The van der Waals surface area contributed by atoms with Gasteiger partial charge >= 0.3 is 0 Å². The number of fused-ring (bicyclic) bond motifs is 4. The Bertz CT molecular complexity index is 802. The van der Waals surface area contributed by atoms with Crippen LogP contribution >= 0.6 is 0 Å². The summed E-state index contributed by atoms with van der Waals surface area (Å²) in [4.78, 5) is 27.5. The smallest absolute Gasteiger partial charge is 0.276 e. The van der Waals surface area contributed by atoms with Crippen LogP contribution in [0, 0.1) is 0 Å². The minimum Gasteiger partial charge on any atom is -0.348 e. The van der Waals surface area contributed by atoms with Gasteiger partial charge in [0, 0.05) is 25.2 Å². The van der Waals surface area contributed by atoms with Crippen LogP contribution in [0.25, 0.3) is 0 Å². The molecule has 0 saturated heterocycles. The fourth-order valence-electron chi connectivity index (χ4n) is 3.32. The van der Waals surface area contributed by atoms with E-state index < -0.39 is 0 Å². The molecule has 2 heterocycles. The van der Waals surface area contributed by atoms with E-state index in [1.54, 1.807) is 13.1 Å². The van der Waals surface area contributed by atoms with Crippen molar-refractivity contribution in [3.63, 3.8) is 0 Å². The Hall–Kier alpha value is -2.82. The summed E-state index contributed by atoms with van der Waals surface area (Å²) in [6.07, 6.45) is -0.304. The van der Waals surface area contributed by atoms with Gasteiger partial charge in [-0.2, -0.15) is 0 Å². The monoisotopic (exact) mass is 293 g/mol. The lowest BCUT2D eigenvalue weighted by Crippen LogP contribution is -2.59. The number of hydrazine groups is 1. The second kappa shape index (κ2) is 4.34. The normalized spacial score (nSPS) is 19.7. The van der Waals surface area contributed by atoms with Crippen molar-refractivity contribution in [2.45, 2.75) is 6.17 Å². The fourth-order valence-corrected chi connectivity index (χ4v) is 3.32. The third-order valence-electron chi connectivity index (χ3n) is 4.41. The highest BCUT2D eigenvalue weighted by Gasteiger charge is 2.45. The Balaban J connectivity index is 1.98. The van der Waals surface area contributed by atoms with E-state index in [2.05, 4.69) is 0 Å². The molecule has 0 N–H and O–H groups in total. The Morgan fingerprint density at radius 2 is 1.45 bits per heavy atom. The molecule has 110 valence electrons. The number of para-hydroxylation sites is 1. The lowest BCUT2D eigenvalue weighted by molar-refractivity contribution is -0.0205. The second-order valence-electron chi connectivity index (χ2n) is 5.57. The van der Waals surface area contributed by atoms with Gasteiger partial charge in [-0.1, -0.05) is 30.3 Å². The summed E-state index contributed by atoms with van der Waals surface area (Å²) in [6.45, 7) is 0. The number of benzene rings is 2. The van der Waals surface area contributed by atoms with Crippen molar-refractivity contribution in [1.82, 2.24) is 10.0 Å². The molecule has 22 heavy (non-hydrogen) atoms. The van der Waals surface area contributed by atoms with Crippen molar-refractivity contribution in [1.29, 1.82) is 0 Å². The number of amides is 2. The van der Waals surface area contributed by atoms with Gasteiger partial charge in [-0.25, -0.2) is 10.0 Å². The maximum Gasteiger partial charge on any atom is 0.276 e. The first kappa shape index (κ1) is 12.9. The molecular formula is C17H15N3O2. The molecule has 0 spiro atoms. The third-order valence-corrected chi connectivity index (χ3v) is 4.41. The summed E-state index contributed by atoms with van der Waals surface area (Å²) in [7, 11) is 3.59. The number of carbonyl (C=O) groups excluding carboxylic acids is 2. The van der Waals surface area contributed by atoms with Gasteiger partial charge in [-0.05, 0) is 18.2 Å². The molecule has 2 aromatic rings. The first-order valence-corrected chi connectivity index (χ1v) is 7.13. The largest absolute Gasteiger partial charge is 0.348 e. The second-order valence-corrected chi connectivity index (χ2v) is 5.57. The lowest BCUT2D eigenvalue weighted by atomic mass is 9.96. The van der Waals surface area contributed by atoms with Gasteiger partial charge in [-0.3, -0.25) is 9.59 Å². The molecule has 2 aliphatic rings. The zero-order valence-electron chi connectivity index (χ0n) is 12.4. The van der Waals surface area contributed by atoms with Gasteiger partial charge in [0.15, 0.2) is 6.17 Å². The summed E-state index contributed by atoms with van der Waals surface area (Å²) in [5, 5.41) is 2.95. The molecular weight excluding hydrogens is 278 g/mol. The highest BCUT2D eigenvalue weighted by Crippen LogP contribution is 2.41. The molecule has 2 amide bonds. The van der Waals surface area contributed by atoms with E-state index in [0.717, 1.165) is 11.3 Å². The quantitative estimate of drug-likeness (QED) is 0.748. The highest BCUT2D eigenvalue weighted by molar-refractivity contribution is 6.06. The van der Waals surface area contributed by atoms with Crippen LogP contribution in [0.4, 0.5) is 5.69 Å². The molecule has 0 saturated carbocycles. The van der Waals surface area contributed by atoms with Gasteiger partial charge in [0.05, 0.1) is 11.3 Å². The molecule has 4 rings (SSSR count). The highest BCUT2D eigenvalue weighted by atomic mass is 16.2. The SMILES string of the molecule is CN1c2ccccc2C(=O)N2C1c1ccccc1C(=O)N2C. The van der Waals surface area contributed by atoms with Crippen molar-refractivity contribution >= 4 is 17.5 Å². The fraction of sp³-hybridized carbons (Fsp3) is 0.176. The average molecular weight is 293 g/mol. The Morgan fingerprint density at radius 3 is 2.23 bits per heavy atom. The van der Waals surface area contributed by atoms with Crippen LogP contribution in [0.3, 0.4) is 0 Å². The summed E-state index contributed by atoms with van der Waals surface area (Å²) in [5.74, 6) is -0.308. The molecule has 2 aromatic carbocycles. The van der Waals surface area contributed by atoms with Crippen LogP contribution in [0.15, 0.2) is 48.5 Å². The zero-order chi connectivity index (χ0) is 15.4. The predicted octanol–water partition coefficient (Wildman–Crippen LogP) is 2.28. The summed E-state index contributed by atoms with van der Waals surface area (Å²) >= 11 is 0. The average Bonchev–Trinajstić information content (AvgIpc) is 2.56. The summed E-state index contributed by atoms with van der Waals surface area (Å²) in [6, 6.07) is 15.0. The molecule has 5 heteroatoms. The van der Waals surface area contributed by atoms with E-state index in [9.17, 15) is 9.59 Å². The first-order chi connectivity index (χ1) is 10.6. The number of hydrogen-bond donors (Lipinski definition) is 0. The molecule has 0 aliphatic carbocycles. The van der Waals surface area contributed by atoms with Crippen LogP contribution in [0.5, 0.6) is 0 Å². The maximum atomic E-state index is 12.9. The molecule has 5 nitrogen and oxygen atoms in total. The number of nitrogens with zero attached hydrogens (tertiary/aromatic N) is 3. The molecule has 1 atom stereocenters. The summed E-state index contributed by atoms with van der Waals surface area (Å²) < 4.78 is 0. The van der Waals surface area contributed by atoms with Crippen molar-refractivity contribution in [2.75, 3.05) is 19.0 Å². The predicted molar refractivity (Wildman–Crippen MR) is 82.3 cm³/mol. The van der Waals surface area contributed by atoms with Crippen LogP contribution in [0.2, 0.25) is 0 Å². The Morgan fingerprint density at radius 1 is 0.818 bits per heavy atom. The van der Waals surface area contributed by atoms with Crippen molar-refractivity contribution < 1.29 is 9.59 Å². The van der Waals surface area contributed by atoms with Gasteiger partial charge in [0.1, 0.15) is 0 Å². The maximum absolute atomic E-state index is 12.9. The van der Waals surface area contributed by atoms with E-state index in [0.29, 0.717) is 11.1 Å². The van der Waals surface area contributed by atoms with Crippen molar-refractivity contribution in [3.05, 3.63) is 65.2 Å². The van der Waals surface area contributed by atoms with Crippen LogP contribution in [-0.4, -0.2) is 35.9 Å². The van der Waals surface area contributed by atoms with Crippen LogP contribution in [0.1, 0.15) is 32.4 Å². The van der Waals surface area contributed by atoms with Crippen molar-refractivity contribution in [3.8, 4) is 0 Å². The molecule has 0 aromatic heterocycles. The number of anilines is 1. The topological polar surface area (TPSA) is 43.9 Å². The molecule has 0 bridgehead atoms. The Labute approximate surface area is 128 Å². The van der Waals surface area contributed by atoms with E-state index in [1.807, 2.05) is 54.4 Å². The van der Waals surface area contributed by atoms with Crippen LogP contribution in [-0.2, 0) is 0 Å². The Kier molecular flexibility index (Phi) is 2.54. The number of carbonyl (C=O) groups is 2.